The number of rotatable bonds is 34. The number of hydrogen-bond donors (Lipinski definition) is 0. The molecular formula is C44H82. The summed E-state index contributed by atoms with van der Waals surface area (Å²) < 4.78 is 0. The first-order chi connectivity index (χ1) is 21.7. The molecule has 0 unspecified atom stereocenters. The van der Waals surface area contributed by atoms with Gasteiger partial charge in [0.2, 0.25) is 0 Å². The second-order valence-corrected chi connectivity index (χ2v) is 14.8. The van der Waals surface area contributed by atoms with E-state index in [1.54, 1.807) is 16.7 Å². The Bertz CT molecular complexity index is 715. The van der Waals surface area contributed by atoms with Gasteiger partial charge in [0.1, 0.15) is 0 Å². The van der Waals surface area contributed by atoms with Crippen LogP contribution in [0.1, 0.15) is 242 Å². The molecule has 1 rings (SSSR count). The quantitative estimate of drug-likeness (QED) is 0.0681. The highest BCUT2D eigenvalue weighted by Gasteiger charge is 2.08. The minimum absolute atomic E-state index is 1.30. The molecule has 0 N–H and O–H groups in total. The van der Waals surface area contributed by atoms with Crippen LogP contribution >= 0.6 is 0 Å². The average Bonchev–Trinajstić information content (AvgIpc) is 3.03. The molecule has 0 aliphatic heterocycles. The van der Waals surface area contributed by atoms with Gasteiger partial charge in [0.05, 0.1) is 0 Å². The molecule has 0 heteroatoms. The summed E-state index contributed by atoms with van der Waals surface area (Å²) in [6.07, 6.45) is 49.1. The van der Waals surface area contributed by atoms with Crippen molar-refractivity contribution >= 4 is 0 Å². The van der Waals surface area contributed by atoms with Crippen LogP contribution in [-0.4, -0.2) is 0 Å². The maximum atomic E-state index is 2.47. The molecule has 0 bridgehead atoms. The molecule has 258 valence electrons. The lowest BCUT2D eigenvalue weighted by Crippen LogP contribution is -2.01. The molecule has 0 fully saturated rings. The molecule has 0 atom stereocenters. The number of aryl methyl sites for hydroxylation is 2. The van der Waals surface area contributed by atoms with Gasteiger partial charge in [-0.25, -0.2) is 0 Å². The normalized spacial score (nSPS) is 11.5. The first-order valence-corrected chi connectivity index (χ1v) is 20.8. The Hall–Kier alpha value is -0.780. The summed E-state index contributed by atoms with van der Waals surface area (Å²) in [5.41, 5.74) is 6.45. The topological polar surface area (TPSA) is 0 Å². The molecule has 0 heterocycles. The number of hydrogen-bond acceptors (Lipinski definition) is 0. The zero-order valence-electron chi connectivity index (χ0n) is 31.2. The Kier molecular flexibility index (Phi) is 30.2. The number of benzene rings is 1. The predicted octanol–water partition coefficient (Wildman–Crippen LogP) is 15.9. The third kappa shape index (κ3) is 24.5. The molecule has 0 nitrogen and oxygen atoms in total. The summed E-state index contributed by atoms with van der Waals surface area (Å²) in [4.78, 5) is 0. The van der Waals surface area contributed by atoms with Crippen molar-refractivity contribution in [1.29, 1.82) is 0 Å². The first-order valence-electron chi connectivity index (χ1n) is 20.8. The van der Waals surface area contributed by atoms with Crippen molar-refractivity contribution in [3.63, 3.8) is 0 Å². The summed E-state index contributed by atoms with van der Waals surface area (Å²) in [6.45, 7) is 9.31. The maximum absolute atomic E-state index is 2.47. The van der Waals surface area contributed by atoms with E-state index in [2.05, 4.69) is 39.8 Å². The van der Waals surface area contributed by atoms with Crippen LogP contribution in [0.2, 0.25) is 0 Å². The van der Waals surface area contributed by atoms with Gasteiger partial charge >= 0.3 is 0 Å². The van der Waals surface area contributed by atoms with Gasteiger partial charge < -0.3 is 0 Å². The fourth-order valence-electron chi connectivity index (χ4n) is 7.23. The summed E-state index contributed by atoms with van der Waals surface area (Å²) in [7, 11) is 0. The zero-order chi connectivity index (χ0) is 31.8. The van der Waals surface area contributed by atoms with Gasteiger partial charge in [-0.2, -0.15) is 0 Å². The molecule has 0 saturated heterocycles. The lowest BCUT2D eigenvalue weighted by atomic mass is 9.90. The molecular weight excluding hydrogens is 528 g/mol. The fourth-order valence-corrected chi connectivity index (χ4v) is 7.23. The smallest absolute Gasteiger partial charge is 0.0273 e. The van der Waals surface area contributed by atoms with Crippen LogP contribution in [0.25, 0.3) is 0 Å². The van der Waals surface area contributed by atoms with E-state index in [9.17, 15) is 0 Å². The molecule has 0 aliphatic rings. The highest BCUT2D eigenvalue weighted by atomic mass is 14.1. The van der Waals surface area contributed by atoms with Crippen LogP contribution in [0.3, 0.4) is 0 Å². The molecule has 0 spiro atoms. The molecule has 0 amide bonds. The van der Waals surface area contributed by atoms with E-state index < -0.39 is 0 Å². The molecule has 0 aromatic heterocycles. The van der Waals surface area contributed by atoms with E-state index in [0.29, 0.717) is 0 Å². The highest BCUT2D eigenvalue weighted by molar-refractivity contribution is 5.40. The standard InChI is InChI=1S/C44H82/c1-5-7-9-11-13-15-17-19-21-23-25-27-29-31-33-35-37-43-40-39-41(3)42(4)44(43)38-36-34-32-30-28-26-24-22-20-18-16-14-12-10-8-6-2/h39-40H,5-38H2,1-4H3. The van der Waals surface area contributed by atoms with Crippen molar-refractivity contribution in [3.05, 3.63) is 34.4 Å². The Balaban J connectivity index is 2.01. The minimum atomic E-state index is 1.30. The molecule has 1 aromatic carbocycles. The van der Waals surface area contributed by atoms with Crippen molar-refractivity contribution in [1.82, 2.24) is 0 Å². The van der Waals surface area contributed by atoms with Crippen LogP contribution in [0.5, 0.6) is 0 Å². The Morgan fingerprint density at radius 2 is 0.591 bits per heavy atom. The SMILES string of the molecule is CCCCCCCCCCCCCCCCCCc1ccc(C)c(C)c1CCCCCCCCCCCCCCCCCC. The van der Waals surface area contributed by atoms with Crippen LogP contribution in [0, 0.1) is 13.8 Å². The van der Waals surface area contributed by atoms with E-state index in [4.69, 9.17) is 0 Å². The van der Waals surface area contributed by atoms with E-state index in [0.717, 1.165) is 0 Å². The Morgan fingerprint density at radius 1 is 0.318 bits per heavy atom. The Morgan fingerprint density at radius 3 is 0.909 bits per heavy atom. The largest absolute Gasteiger partial charge is 0.0654 e. The highest BCUT2D eigenvalue weighted by Crippen LogP contribution is 2.24. The van der Waals surface area contributed by atoms with Crippen molar-refractivity contribution in [2.45, 2.75) is 246 Å². The van der Waals surface area contributed by atoms with Gasteiger partial charge in [-0.15, -0.1) is 0 Å². The first kappa shape index (κ1) is 41.2. The van der Waals surface area contributed by atoms with E-state index in [1.807, 2.05) is 0 Å². The second kappa shape index (κ2) is 32.2. The van der Waals surface area contributed by atoms with Crippen molar-refractivity contribution in [2.75, 3.05) is 0 Å². The van der Waals surface area contributed by atoms with Gasteiger partial charge in [0, 0.05) is 0 Å². The molecule has 0 radical (unpaired) electrons. The summed E-state index contributed by atoms with van der Waals surface area (Å²) in [5, 5.41) is 0. The number of unbranched alkanes of at least 4 members (excludes halogenated alkanes) is 30. The monoisotopic (exact) mass is 611 g/mol. The van der Waals surface area contributed by atoms with Crippen molar-refractivity contribution in [2.24, 2.45) is 0 Å². The Labute approximate surface area is 279 Å². The summed E-state index contributed by atoms with van der Waals surface area (Å²) >= 11 is 0. The molecule has 44 heavy (non-hydrogen) atoms. The lowest BCUT2D eigenvalue weighted by Gasteiger charge is -2.15. The van der Waals surface area contributed by atoms with E-state index in [-0.39, 0.29) is 0 Å². The lowest BCUT2D eigenvalue weighted by molar-refractivity contribution is 0.528. The summed E-state index contributed by atoms with van der Waals surface area (Å²) in [6, 6.07) is 4.85. The third-order valence-electron chi connectivity index (χ3n) is 10.5. The molecule has 1 aromatic rings. The van der Waals surface area contributed by atoms with Crippen molar-refractivity contribution < 1.29 is 0 Å². The van der Waals surface area contributed by atoms with Gasteiger partial charge in [-0.3, -0.25) is 0 Å². The third-order valence-corrected chi connectivity index (χ3v) is 10.5. The van der Waals surface area contributed by atoms with Crippen LogP contribution in [-0.2, 0) is 12.8 Å². The van der Waals surface area contributed by atoms with E-state index in [1.165, 1.54) is 224 Å². The fraction of sp³-hybridized carbons (Fsp3) is 0.864. The van der Waals surface area contributed by atoms with Gasteiger partial charge in [0.15, 0.2) is 0 Å². The van der Waals surface area contributed by atoms with Crippen LogP contribution in [0.4, 0.5) is 0 Å². The maximum Gasteiger partial charge on any atom is -0.0273 e. The van der Waals surface area contributed by atoms with Gasteiger partial charge in [-0.05, 0) is 61.8 Å². The molecule has 0 aliphatic carbocycles. The zero-order valence-corrected chi connectivity index (χ0v) is 31.2. The summed E-state index contributed by atoms with van der Waals surface area (Å²) in [5.74, 6) is 0. The average molecular weight is 611 g/mol. The van der Waals surface area contributed by atoms with Crippen molar-refractivity contribution in [3.8, 4) is 0 Å². The minimum Gasteiger partial charge on any atom is -0.0654 e. The molecule has 0 saturated carbocycles. The second-order valence-electron chi connectivity index (χ2n) is 14.8. The van der Waals surface area contributed by atoms with Crippen LogP contribution in [0.15, 0.2) is 12.1 Å². The van der Waals surface area contributed by atoms with Gasteiger partial charge in [0.25, 0.3) is 0 Å². The van der Waals surface area contributed by atoms with E-state index >= 15 is 0 Å². The van der Waals surface area contributed by atoms with Crippen LogP contribution < -0.4 is 0 Å². The van der Waals surface area contributed by atoms with Gasteiger partial charge in [-0.1, -0.05) is 219 Å². The predicted molar refractivity (Wildman–Crippen MR) is 202 cm³/mol.